The van der Waals surface area contributed by atoms with E-state index in [9.17, 15) is 5.11 Å². The number of rotatable bonds is 1. The number of hydrogen-bond donors (Lipinski definition) is 1. The van der Waals surface area contributed by atoms with E-state index in [0.29, 0.717) is 0 Å². The predicted molar refractivity (Wildman–Crippen MR) is 68.3 cm³/mol. The highest BCUT2D eigenvalue weighted by Gasteiger charge is 2.15. The maximum atomic E-state index is 9.61. The molecule has 0 bridgehead atoms. The maximum Gasteiger partial charge on any atom is 0.0577 e. The highest BCUT2D eigenvalue weighted by molar-refractivity contribution is 5.21. The Morgan fingerprint density at radius 1 is 1.06 bits per heavy atom. The zero-order chi connectivity index (χ0) is 11.4. The van der Waals surface area contributed by atoms with E-state index in [4.69, 9.17) is 0 Å². The molecule has 0 aromatic rings. The molecule has 0 aliphatic heterocycles. The van der Waals surface area contributed by atoms with Gasteiger partial charge in [-0.05, 0) is 50.9 Å². The summed E-state index contributed by atoms with van der Waals surface area (Å²) < 4.78 is 0. The molecule has 0 aromatic heterocycles. The second-order valence-electron chi connectivity index (χ2n) is 5.46. The third-order valence-electron chi connectivity index (χ3n) is 4.05. The molecule has 0 saturated heterocycles. The quantitative estimate of drug-likeness (QED) is 0.708. The molecule has 0 heterocycles. The lowest BCUT2D eigenvalue weighted by molar-refractivity contribution is 0.149. The van der Waals surface area contributed by atoms with Gasteiger partial charge in [0.1, 0.15) is 0 Å². The van der Waals surface area contributed by atoms with Crippen LogP contribution in [0.5, 0.6) is 0 Å². The molecule has 2 aliphatic carbocycles. The van der Waals surface area contributed by atoms with E-state index >= 15 is 0 Å². The lowest BCUT2D eigenvalue weighted by Crippen LogP contribution is -2.12. The van der Waals surface area contributed by atoms with Crippen molar-refractivity contribution in [1.29, 1.82) is 0 Å². The summed E-state index contributed by atoms with van der Waals surface area (Å²) in [6.45, 7) is 2.35. The van der Waals surface area contributed by atoms with Gasteiger partial charge in [0.15, 0.2) is 0 Å². The second-order valence-corrected chi connectivity index (χ2v) is 5.46. The lowest BCUT2D eigenvalue weighted by atomic mass is 9.84. The molecule has 2 fully saturated rings. The highest BCUT2D eigenvalue weighted by atomic mass is 16.3. The van der Waals surface area contributed by atoms with Crippen LogP contribution >= 0.6 is 0 Å². The maximum absolute atomic E-state index is 9.61. The Morgan fingerprint density at radius 2 is 1.94 bits per heavy atom. The van der Waals surface area contributed by atoms with Crippen LogP contribution in [0.25, 0.3) is 0 Å². The Labute approximate surface area is 99.3 Å². The number of allylic oxidation sites excluding steroid dienone is 3. The van der Waals surface area contributed by atoms with Crippen LogP contribution in [0, 0.1) is 5.92 Å². The van der Waals surface area contributed by atoms with E-state index in [1.807, 2.05) is 0 Å². The molecular formula is C15H24O. The van der Waals surface area contributed by atoms with Gasteiger partial charge in [-0.15, -0.1) is 0 Å². The zero-order valence-corrected chi connectivity index (χ0v) is 10.4. The van der Waals surface area contributed by atoms with Crippen LogP contribution in [0.3, 0.4) is 0 Å². The fourth-order valence-electron chi connectivity index (χ4n) is 2.91. The van der Waals surface area contributed by atoms with Gasteiger partial charge >= 0.3 is 0 Å². The normalized spacial score (nSPS) is 36.9. The summed E-state index contributed by atoms with van der Waals surface area (Å²) in [5.41, 5.74) is 3.07. The van der Waals surface area contributed by atoms with Gasteiger partial charge in [0.2, 0.25) is 0 Å². The Balaban J connectivity index is 1.97. The molecule has 0 aromatic carbocycles. The molecule has 2 aliphatic rings. The molecule has 1 N–H and O–H groups in total. The van der Waals surface area contributed by atoms with E-state index in [2.05, 4.69) is 19.1 Å². The fourth-order valence-corrected chi connectivity index (χ4v) is 2.91. The standard InChI is InChI=1S/C15H24O/c1-12-5-2-3-7-14(12)10-9-13-6-4-8-15(16)11-13/h9-10,12,15-16H,2-8,11H2,1H3/b13-9-,14-10+. The molecule has 2 saturated carbocycles. The van der Waals surface area contributed by atoms with Gasteiger partial charge in [-0.1, -0.05) is 36.6 Å². The van der Waals surface area contributed by atoms with E-state index < -0.39 is 0 Å². The SMILES string of the molecule is CC1CCCC/C1=C\C=C1\CCCC(O)C1. The van der Waals surface area contributed by atoms with E-state index in [0.717, 1.165) is 25.2 Å². The molecular weight excluding hydrogens is 196 g/mol. The summed E-state index contributed by atoms with van der Waals surface area (Å²) in [6, 6.07) is 0. The van der Waals surface area contributed by atoms with Crippen LogP contribution < -0.4 is 0 Å². The summed E-state index contributed by atoms with van der Waals surface area (Å²) in [5.74, 6) is 0.777. The minimum Gasteiger partial charge on any atom is -0.393 e. The number of hydrogen-bond acceptors (Lipinski definition) is 1. The van der Waals surface area contributed by atoms with E-state index in [1.165, 1.54) is 37.7 Å². The Bertz CT molecular complexity index is 288. The molecule has 0 radical (unpaired) electrons. The first-order chi connectivity index (χ1) is 7.75. The van der Waals surface area contributed by atoms with Crippen molar-refractivity contribution in [2.45, 2.75) is 64.4 Å². The van der Waals surface area contributed by atoms with Gasteiger partial charge in [0.05, 0.1) is 6.10 Å². The third kappa shape index (κ3) is 3.21. The molecule has 2 rings (SSSR count). The summed E-state index contributed by atoms with van der Waals surface area (Å²) in [4.78, 5) is 0. The van der Waals surface area contributed by atoms with Crippen molar-refractivity contribution in [1.82, 2.24) is 0 Å². The van der Waals surface area contributed by atoms with Crippen molar-refractivity contribution in [2.24, 2.45) is 5.92 Å². The van der Waals surface area contributed by atoms with Gasteiger partial charge in [0, 0.05) is 0 Å². The van der Waals surface area contributed by atoms with Crippen molar-refractivity contribution in [3.63, 3.8) is 0 Å². The van der Waals surface area contributed by atoms with Gasteiger partial charge in [0.25, 0.3) is 0 Å². The van der Waals surface area contributed by atoms with Crippen molar-refractivity contribution < 1.29 is 5.11 Å². The van der Waals surface area contributed by atoms with Crippen LogP contribution in [0.4, 0.5) is 0 Å². The van der Waals surface area contributed by atoms with Gasteiger partial charge in [-0.2, -0.15) is 0 Å². The monoisotopic (exact) mass is 220 g/mol. The van der Waals surface area contributed by atoms with E-state index in [-0.39, 0.29) is 6.10 Å². The second kappa shape index (κ2) is 5.67. The summed E-state index contributed by atoms with van der Waals surface area (Å²) in [5, 5.41) is 9.61. The molecule has 90 valence electrons. The van der Waals surface area contributed by atoms with Crippen LogP contribution in [-0.4, -0.2) is 11.2 Å². The largest absolute Gasteiger partial charge is 0.393 e. The van der Waals surface area contributed by atoms with Gasteiger partial charge < -0.3 is 5.11 Å². The van der Waals surface area contributed by atoms with Crippen molar-refractivity contribution in [2.75, 3.05) is 0 Å². The Hall–Kier alpha value is -0.560. The van der Waals surface area contributed by atoms with E-state index in [1.54, 1.807) is 5.57 Å². The van der Waals surface area contributed by atoms with Crippen LogP contribution in [0.2, 0.25) is 0 Å². The van der Waals surface area contributed by atoms with Crippen molar-refractivity contribution >= 4 is 0 Å². The van der Waals surface area contributed by atoms with Crippen LogP contribution in [0.15, 0.2) is 23.3 Å². The molecule has 2 unspecified atom stereocenters. The molecule has 1 heteroatoms. The molecule has 2 atom stereocenters. The minimum atomic E-state index is -0.0813. The molecule has 0 spiro atoms. The smallest absolute Gasteiger partial charge is 0.0577 e. The Kier molecular flexibility index (Phi) is 4.22. The van der Waals surface area contributed by atoms with Gasteiger partial charge in [-0.25, -0.2) is 0 Å². The first-order valence-electron chi connectivity index (χ1n) is 6.82. The summed E-state index contributed by atoms with van der Waals surface area (Å²) in [6.07, 6.45) is 14.2. The fraction of sp³-hybridized carbons (Fsp3) is 0.733. The topological polar surface area (TPSA) is 20.2 Å². The lowest BCUT2D eigenvalue weighted by Gasteiger charge is -2.22. The van der Waals surface area contributed by atoms with Gasteiger partial charge in [-0.3, -0.25) is 0 Å². The third-order valence-corrected chi connectivity index (χ3v) is 4.05. The molecule has 16 heavy (non-hydrogen) atoms. The molecule has 1 nitrogen and oxygen atoms in total. The highest BCUT2D eigenvalue weighted by Crippen LogP contribution is 2.30. The van der Waals surface area contributed by atoms with Crippen LogP contribution in [0.1, 0.15) is 58.3 Å². The summed E-state index contributed by atoms with van der Waals surface area (Å²) in [7, 11) is 0. The Morgan fingerprint density at radius 3 is 2.69 bits per heavy atom. The summed E-state index contributed by atoms with van der Waals surface area (Å²) >= 11 is 0. The minimum absolute atomic E-state index is 0.0813. The van der Waals surface area contributed by atoms with Crippen molar-refractivity contribution in [3.05, 3.63) is 23.3 Å². The predicted octanol–water partition coefficient (Wildman–Crippen LogP) is 3.98. The first-order valence-corrected chi connectivity index (χ1v) is 6.82. The van der Waals surface area contributed by atoms with Crippen molar-refractivity contribution in [3.8, 4) is 0 Å². The average molecular weight is 220 g/mol. The molecule has 0 amide bonds. The zero-order valence-electron chi connectivity index (χ0n) is 10.4. The first kappa shape index (κ1) is 11.9. The average Bonchev–Trinajstić information content (AvgIpc) is 2.28. The number of aliphatic hydroxyl groups is 1. The van der Waals surface area contributed by atoms with Crippen LogP contribution in [-0.2, 0) is 0 Å². The number of aliphatic hydroxyl groups excluding tert-OH is 1.